The third kappa shape index (κ3) is 8.79. The number of nitrogens with zero attached hydrogens (tertiary/aromatic N) is 2. The number of carboxylic acids is 1. The zero-order chi connectivity index (χ0) is 48.4. The molecule has 71 heavy (non-hydrogen) atoms. The molecule has 8 saturated carbocycles. The summed E-state index contributed by atoms with van der Waals surface area (Å²) >= 11 is 0. The Hall–Kier alpha value is -7.09. The van der Waals surface area contributed by atoms with Gasteiger partial charge in [-0.3, -0.25) is 9.59 Å². The summed E-state index contributed by atoms with van der Waals surface area (Å²) in [5.41, 5.74) is 7.27. The number of aliphatic hydroxyl groups is 2. The van der Waals surface area contributed by atoms with Crippen LogP contribution in [0.2, 0.25) is 0 Å². The van der Waals surface area contributed by atoms with Crippen LogP contribution in [0.5, 0.6) is 0 Å². The first-order valence-corrected chi connectivity index (χ1v) is 25.3. The smallest absolute Gasteiger partial charge is 0.354 e. The van der Waals surface area contributed by atoms with Crippen molar-refractivity contribution >= 4 is 57.9 Å². The number of nitrogens with one attached hydrogen (secondary N) is 5. The van der Waals surface area contributed by atoms with Gasteiger partial charge in [-0.1, -0.05) is 18.2 Å². The topological polar surface area (TPSA) is 198 Å². The van der Waals surface area contributed by atoms with Crippen molar-refractivity contribution in [2.24, 2.45) is 47.3 Å². The van der Waals surface area contributed by atoms with Gasteiger partial charge in [0.05, 0.1) is 5.56 Å². The lowest BCUT2D eigenvalue weighted by molar-refractivity contribution is -0.152. The molecule has 4 unspecified atom stereocenters. The summed E-state index contributed by atoms with van der Waals surface area (Å²) in [6.45, 7) is 0. The molecular formula is C58H59N7O6. The fourth-order valence-corrected chi connectivity index (χ4v) is 15.2. The molecule has 362 valence electrons. The van der Waals surface area contributed by atoms with E-state index >= 15 is 0 Å². The van der Waals surface area contributed by atoms with Gasteiger partial charge in [-0.05, 0) is 232 Å². The van der Waals surface area contributed by atoms with E-state index in [1.54, 1.807) is 30.3 Å². The number of fused-ring (bicyclic) bond motifs is 1. The van der Waals surface area contributed by atoms with E-state index in [1.807, 2.05) is 60.7 Å². The van der Waals surface area contributed by atoms with Crippen molar-refractivity contribution in [1.29, 1.82) is 0 Å². The molecule has 14 rings (SSSR count). The van der Waals surface area contributed by atoms with Gasteiger partial charge in [0.25, 0.3) is 11.8 Å². The number of carbonyl (C=O) groups excluding carboxylic acids is 2. The van der Waals surface area contributed by atoms with Gasteiger partial charge in [0.2, 0.25) is 0 Å². The zero-order valence-corrected chi connectivity index (χ0v) is 39.4. The van der Waals surface area contributed by atoms with Gasteiger partial charge in [-0.25, -0.2) is 14.8 Å². The summed E-state index contributed by atoms with van der Waals surface area (Å²) in [7, 11) is 0. The minimum Gasteiger partial charge on any atom is -0.477 e. The van der Waals surface area contributed by atoms with Crippen molar-refractivity contribution in [1.82, 2.24) is 15.3 Å². The fraction of sp³-hybridized carbons (Fsp3) is 0.362. The predicted molar refractivity (Wildman–Crippen MR) is 272 cm³/mol. The van der Waals surface area contributed by atoms with Crippen LogP contribution in [-0.2, 0) is 5.41 Å². The predicted octanol–water partition coefficient (Wildman–Crippen LogP) is 11.0. The molecule has 2 aromatic heterocycles. The van der Waals surface area contributed by atoms with Crippen LogP contribution in [-0.4, -0.2) is 48.6 Å². The number of carbonyl (C=O) groups is 3. The van der Waals surface area contributed by atoms with E-state index in [2.05, 4.69) is 60.8 Å². The van der Waals surface area contributed by atoms with Crippen LogP contribution in [0, 0.1) is 47.3 Å². The molecule has 4 aromatic carbocycles. The highest BCUT2D eigenvalue weighted by Gasteiger charge is 2.63. The Labute approximate surface area is 412 Å². The fourth-order valence-electron chi connectivity index (χ4n) is 15.2. The highest BCUT2D eigenvalue weighted by Crippen LogP contribution is 2.69. The van der Waals surface area contributed by atoms with Crippen molar-refractivity contribution in [3.63, 3.8) is 0 Å². The molecule has 0 saturated heterocycles. The summed E-state index contributed by atoms with van der Waals surface area (Å²) in [5, 5.41) is 45.0. The van der Waals surface area contributed by atoms with E-state index < -0.39 is 12.3 Å². The number of aromatic carboxylic acids is 1. The minimum atomic E-state index is -1.74. The number of anilines is 7. The molecule has 0 radical (unpaired) electrons. The molecule has 8 aliphatic carbocycles. The number of rotatable bonds is 14. The van der Waals surface area contributed by atoms with Gasteiger partial charge in [-0.2, -0.15) is 0 Å². The number of carboxylic acid groups (broad SMARTS) is 1. The Morgan fingerprint density at radius 1 is 0.549 bits per heavy atom. The first kappa shape index (κ1) is 45.1. The van der Waals surface area contributed by atoms with E-state index in [9.17, 15) is 29.7 Å². The quantitative estimate of drug-likeness (QED) is 0.0484. The van der Waals surface area contributed by atoms with E-state index in [0.29, 0.717) is 34.7 Å². The monoisotopic (exact) mass is 949 g/mol. The van der Waals surface area contributed by atoms with Gasteiger partial charge in [0, 0.05) is 51.3 Å². The number of hydrogen-bond acceptors (Lipinski definition) is 10. The standard InChI is InChI=1S/C58H59N7O6/c66-53(64-52-47(55(68)69)3-2-22-59-52)35-6-12-42(13-7-35)60-44-16-10-41(11-17-44)57-27-33-23-37(29-57)50(38(24-33)30-57)51-39-25-34-26-40(51)32-58(28-34,31-39)65-54(67)36-8-14-43(15-9-36)61-45-18-20-46(21-19-45)62-49-5-1-4-48(63-49)56(70)71/h1-22,33-34,37-40,50-51,55,60-61,68-69H,23-32H2,(H,62,63)(H,65,67)(H,70,71)(H,59,64,66). The largest absolute Gasteiger partial charge is 0.477 e. The highest BCUT2D eigenvalue weighted by molar-refractivity contribution is 6.04. The zero-order valence-electron chi connectivity index (χ0n) is 39.4. The molecule has 0 aliphatic heterocycles. The van der Waals surface area contributed by atoms with Crippen LogP contribution in [0.15, 0.2) is 134 Å². The van der Waals surface area contributed by atoms with Crippen LogP contribution in [0.4, 0.5) is 40.1 Å². The van der Waals surface area contributed by atoms with Crippen LogP contribution < -0.4 is 26.6 Å². The molecule has 2 heterocycles. The van der Waals surface area contributed by atoms with Crippen LogP contribution in [0.25, 0.3) is 0 Å². The molecule has 8 aliphatic rings. The molecule has 8 N–H and O–H groups in total. The lowest BCUT2D eigenvalue weighted by Crippen LogP contribution is -2.65. The first-order chi connectivity index (χ1) is 34.4. The van der Waals surface area contributed by atoms with E-state index in [0.717, 1.165) is 77.3 Å². The summed E-state index contributed by atoms with van der Waals surface area (Å²) in [6, 6.07) is 39.7. The van der Waals surface area contributed by atoms with Gasteiger partial charge >= 0.3 is 5.97 Å². The second-order valence-corrected chi connectivity index (χ2v) is 21.8. The van der Waals surface area contributed by atoms with Crippen molar-refractivity contribution in [2.45, 2.75) is 81.5 Å². The molecule has 2 amide bonds. The normalized spacial score (nSPS) is 28.6. The van der Waals surface area contributed by atoms with E-state index in [1.165, 1.54) is 68.8 Å². The average Bonchev–Trinajstić information content (AvgIpc) is 3.36. The second kappa shape index (κ2) is 17.9. The third-order valence-corrected chi connectivity index (χ3v) is 17.4. The SMILES string of the molecule is O=C(Nc1ncccc1C(O)O)c1ccc(Nc2ccc(C34CC5CC(C3)C(C3C6CC7CC3CC(NC(=O)c3ccc(Nc8ccc(Nc9cccc(C(=O)O)n9)cc8)cc3)(C7)C6)C(C5)C4)cc2)cc1. The molecule has 0 spiro atoms. The maximum atomic E-state index is 14.0. The van der Waals surface area contributed by atoms with Crippen molar-refractivity contribution < 1.29 is 29.7 Å². The molecular weight excluding hydrogens is 891 g/mol. The van der Waals surface area contributed by atoms with Crippen LogP contribution in [0.3, 0.4) is 0 Å². The molecule has 13 nitrogen and oxygen atoms in total. The van der Waals surface area contributed by atoms with Gasteiger partial charge in [0.1, 0.15) is 11.6 Å². The van der Waals surface area contributed by atoms with Crippen molar-refractivity contribution in [2.75, 3.05) is 21.3 Å². The van der Waals surface area contributed by atoms with Gasteiger partial charge in [0.15, 0.2) is 12.0 Å². The third-order valence-electron chi connectivity index (χ3n) is 17.4. The lowest BCUT2D eigenvalue weighted by atomic mass is 9.38. The molecule has 8 fully saturated rings. The van der Waals surface area contributed by atoms with Gasteiger partial charge < -0.3 is 41.9 Å². The first-order valence-electron chi connectivity index (χ1n) is 25.3. The molecule has 4 atom stereocenters. The maximum absolute atomic E-state index is 14.0. The van der Waals surface area contributed by atoms with Crippen molar-refractivity contribution in [3.05, 3.63) is 162 Å². The highest BCUT2D eigenvalue weighted by atomic mass is 16.5. The van der Waals surface area contributed by atoms with Crippen molar-refractivity contribution in [3.8, 4) is 0 Å². The number of benzene rings is 4. The lowest BCUT2D eigenvalue weighted by Gasteiger charge is -2.67. The van der Waals surface area contributed by atoms with Gasteiger partial charge in [-0.15, -0.1) is 0 Å². The number of aromatic nitrogens is 2. The summed E-state index contributed by atoms with van der Waals surface area (Å²) in [5.74, 6) is 5.11. The summed E-state index contributed by atoms with van der Waals surface area (Å²) in [6.07, 6.45) is 12.3. The van der Waals surface area contributed by atoms with E-state index in [-0.39, 0.29) is 39.8 Å². The summed E-state index contributed by atoms with van der Waals surface area (Å²) in [4.78, 5) is 46.5. The molecule has 8 bridgehead atoms. The number of hydrogen-bond donors (Lipinski definition) is 8. The Kier molecular flexibility index (Phi) is 11.4. The number of pyridine rings is 2. The average molecular weight is 950 g/mol. The van der Waals surface area contributed by atoms with E-state index in [4.69, 9.17) is 0 Å². The molecule has 6 aromatic rings. The van der Waals surface area contributed by atoms with Crippen LogP contribution in [0.1, 0.15) is 113 Å². The Morgan fingerprint density at radius 3 is 1.62 bits per heavy atom. The molecule has 13 heteroatoms. The maximum Gasteiger partial charge on any atom is 0.354 e. The Morgan fingerprint density at radius 2 is 1.06 bits per heavy atom. The number of aliphatic hydroxyl groups excluding tert-OH is 1. The Balaban J connectivity index is 0.657. The second-order valence-electron chi connectivity index (χ2n) is 21.8. The van der Waals surface area contributed by atoms with Crippen LogP contribution >= 0.6 is 0 Å². The Bertz CT molecular complexity index is 2950. The minimum absolute atomic E-state index is 0.0177. The number of amides is 2. The summed E-state index contributed by atoms with van der Waals surface area (Å²) < 4.78 is 0.